The van der Waals surface area contributed by atoms with E-state index in [2.05, 4.69) is 21.3 Å². The normalized spacial score (nSPS) is 16.6. The van der Waals surface area contributed by atoms with Gasteiger partial charge in [-0.25, -0.2) is 22.9 Å². The van der Waals surface area contributed by atoms with Crippen LogP contribution in [0, 0.1) is 35.8 Å². The number of nitrogens with zero attached hydrogens (tertiary/aromatic N) is 4. The first-order valence-corrected chi connectivity index (χ1v) is 22.3. The Morgan fingerprint density at radius 2 is 1.66 bits per heavy atom. The predicted octanol–water partition coefficient (Wildman–Crippen LogP) is 5.42. The van der Waals surface area contributed by atoms with E-state index < -0.39 is 89.6 Å². The van der Waals surface area contributed by atoms with Crippen LogP contribution in [0.5, 0.6) is 0 Å². The summed E-state index contributed by atoms with van der Waals surface area (Å²) in [5.41, 5.74) is 1.93. The van der Waals surface area contributed by atoms with Crippen molar-refractivity contribution in [3.63, 3.8) is 0 Å². The van der Waals surface area contributed by atoms with Crippen molar-refractivity contribution < 1.29 is 51.8 Å². The maximum atomic E-state index is 16.1. The van der Waals surface area contributed by atoms with Crippen molar-refractivity contribution in [2.24, 2.45) is 17.3 Å². The summed E-state index contributed by atoms with van der Waals surface area (Å²) in [7, 11) is 0. The van der Waals surface area contributed by atoms with Gasteiger partial charge in [0.15, 0.2) is 0 Å². The summed E-state index contributed by atoms with van der Waals surface area (Å²) in [5.74, 6) is -4.34. The van der Waals surface area contributed by atoms with Gasteiger partial charge in [-0.05, 0) is 79.6 Å². The van der Waals surface area contributed by atoms with Gasteiger partial charge < -0.3 is 45.5 Å². The first-order chi connectivity index (χ1) is 32.1. The monoisotopic (exact) mass is 946 g/mol. The van der Waals surface area contributed by atoms with Crippen LogP contribution in [0.15, 0.2) is 72.9 Å². The molecule has 19 heteroatoms. The number of hydrogen-bond donors (Lipinski definition) is 5. The number of aliphatic hydroxyl groups excluding tert-OH is 1. The van der Waals surface area contributed by atoms with E-state index in [0.29, 0.717) is 29.0 Å². The molecular formula is C49H61F3N8O8. The first-order valence-electron chi connectivity index (χ1n) is 22.3. The van der Waals surface area contributed by atoms with Crippen LogP contribution in [-0.4, -0.2) is 111 Å². The number of ether oxygens (including phenoxy) is 1. The number of aromatic nitrogens is 2. The standard InChI is InChI=1S/C49H61F3N8O8/c1-28(2)42(57-45(64)30(4)54-27-61)46(65)53-20-41(63)55-36-15-13-32(14-16-36)26-68-48(67)59-22-34(39(52)24-59)23-60(47(66)31(5)62)43(49(6,7)8)44-56-40(37-18-29(3)12-17-38(37)51)25-58(44)21-33-10-9-11-35(50)19-33/h9-19,25,27-28,30-31,34,39,42-43,62H,20-24,26H2,1-8H3,(H,53,65)(H,54,61)(H,55,63)(H,57,64)/t30-,31-,34?,39?,42?,43?/m0/s1. The number of carbonyl (C=O) groups is 6. The van der Waals surface area contributed by atoms with Crippen molar-refractivity contribution >= 4 is 41.8 Å². The molecule has 1 aliphatic rings. The molecule has 4 unspecified atom stereocenters. The molecule has 0 spiro atoms. The van der Waals surface area contributed by atoms with Gasteiger partial charge in [-0.3, -0.25) is 24.0 Å². The van der Waals surface area contributed by atoms with Crippen LogP contribution in [0.2, 0.25) is 0 Å². The summed E-state index contributed by atoms with van der Waals surface area (Å²) in [6, 6.07) is 14.1. The number of benzene rings is 3. The Morgan fingerprint density at radius 3 is 2.29 bits per heavy atom. The highest BCUT2D eigenvalue weighted by molar-refractivity contribution is 5.96. The SMILES string of the molecule is Cc1ccc(F)c(-c2cn(Cc3cccc(F)c3)c(C(N(CC3CN(C(=O)OCc4ccc(NC(=O)CNC(=O)C(NC(=O)[C@H](C)NC=O)C(C)C)cc4)CC3F)C(=O)[C@H](C)O)C(C)(C)C)n2)c1. The fourth-order valence-electron chi connectivity index (χ4n) is 7.93. The molecule has 0 aliphatic carbocycles. The molecule has 6 amide bonds. The highest BCUT2D eigenvalue weighted by Crippen LogP contribution is 2.41. The highest BCUT2D eigenvalue weighted by Gasteiger charge is 2.44. The molecule has 0 bridgehead atoms. The van der Waals surface area contributed by atoms with Crippen LogP contribution in [0.25, 0.3) is 11.3 Å². The minimum absolute atomic E-state index is 0.0920. The number of nitrogens with one attached hydrogen (secondary N) is 4. The van der Waals surface area contributed by atoms with E-state index in [0.717, 1.165) is 5.56 Å². The maximum absolute atomic E-state index is 16.1. The van der Waals surface area contributed by atoms with E-state index in [1.807, 2.05) is 27.7 Å². The second-order valence-corrected chi connectivity index (χ2v) is 18.6. The topological polar surface area (TPSA) is 204 Å². The van der Waals surface area contributed by atoms with Crippen molar-refractivity contribution in [1.82, 2.24) is 35.3 Å². The molecule has 0 radical (unpaired) electrons. The van der Waals surface area contributed by atoms with Gasteiger partial charge in [-0.2, -0.15) is 0 Å². The Labute approximate surface area is 394 Å². The molecule has 1 aromatic heterocycles. The van der Waals surface area contributed by atoms with E-state index in [1.54, 1.807) is 73.1 Å². The fraction of sp³-hybridized carbons (Fsp3) is 0.449. The number of aliphatic hydroxyl groups is 1. The third kappa shape index (κ3) is 13.7. The number of halogens is 3. The van der Waals surface area contributed by atoms with Crippen LogP contribution < -0.4 is 21.3 Å². The van der Waals surface area contributed by atoms with Gasteiger partial charge in [-0.15, -0.1) is 0 Å². The lowest BCUT2D eigenvalue weighted by Crippen LogP contribution is -2.54. The first kappa shape index (κ1) is 52.2. The van der Waals surface area contributed by atoms with E-state index in [1.165, 1.54) is 41.8 Å². The summed E-state index contributed by atoms with van der Waals surface area (Å²) < 4.78 is 53.1. The molecule has 4 aromatic rings. The molecule has 3 aromatic carbocycles. The van der Waals surface area contributed by atoms with Crippen molar-refractivity contribution in [2.75, 3.05) is 31.5 Å². The minimum Gasteiger partial charge on any atom is -0.445 e. The largest absolute Gasteiger partial charge is 0.445 e. The molecule has 2 heterocycles. The average Bonchev–Trinajstić information content (AvgIpc) is 3.85. The number of anilines is 1. The zero-order chi connectivity index (χ0) is 50.0. The van der Waals surface area contributed by atoms with Gasteiger partial charge >= 0.3 is 6.09 Å². The van der Waals surface area contributed by atoms with Gasteiger partial charge in [0.1, 0.15) is 48.4 Å². The van der Waals surface area contributed by atoms with Crippen LogP contribution in [-0.2, 0) is 41.9 Å². The van der Waals surface area contributed by atoms with Crippen LogP contribution >= 0.6 is 0 Å². The second kappa shape index (κ2) is 22.8. The molecule has 1 aliphatic heterocycles. The molecule has 1 saturated heterocycles. The molecule has 5 rings (SSSR count). The highest BCUT2D eigenvalue weighted by atomic mass is 19.1. The van der Waals surface area contributed by atoms with Crippen LogP contribution in [0.1, 0.15) is 77.0 Å². The number of rotatable bonds is 19. The van der Waals surface area contributed by atoms with Gasteiger partial charge in [-0.1, -0.05) is 70.5 Å². The molecule has 366 valence electrons. The van der Waals surface area contributed by atoms with Crippen molar-refractivity contribution in [3.05, 3.63) is 107 Å². The fourth-order valence-corrected chi connectivity index (χ4v) is 7.93. The Bertz CT molecular complexity index is 2440. The summed E-state index contributed by atoms with van der Waals surface area (Å²) in [6.45, 7) is 12.4. The number of imidazole rings is 1. The summed E-state index contributed by atoms with van der Waals surface area (Å²) in [4.78, 5) is 83.3. The van der Waals surface area contributed by atoms with Gasteiger partial charge in [0.05, 0.1) is 24.8 Å². The zero-order valence-electron chi connectivity index (χ0n) is 39.5. The van der Waals surface area contributed by atoms with Gasteiger partial charge in [0.2, 0.25) is 24.1 Å². The summed E-state index contributed by atoms with van der Waals surface area (Å²) >= 11 is 0. The number of aryl methyl sites for hydroxylation is 1. The zero-order valence-corrected chi connectivity index (χ0v) is 39.5. The maximum Gasteiger partial charge on any atom is 0.410 e. The Hall–Kier alpha value is -6.76. The smallest absolute Gasteiger partial charge is 0.410 e. The number of alkyl halides is 1. The number of hydrogen-bond acceptors (Lipinski definition) is 9. The molecule has 1 fully saturated rings. The van der Waals surface area contributed by atoms with Crippen molar-refractivity contribution in [1.29, 1.82) is 0 Å². The molecule has 16 nitrogen and oxygen atoms in total. The molecule has 5 N–H and O–H groups in total. The van der Waals surface area contributed by atoms with E-state index >= 15 is 8.78 Å². The molecule has 6 atom stereocenters. The number of likely N-dealkylation sites (tertiary alicyclic amines) is 1. The Kier molecular flexibility index (Phi) is 17.5. The number of amides is 6. The molecule has 0 saturated carbocycles. The lowest BCUT2D eigenvalue weighted by molar-refractivity contribution is -0.146. The minimum atomic E-state index is -1.59. The molecule has 68 heavy (non-hydrogen) atoms. The van der Waals surface area contributed by atoms with E-state index in [9.17, 15) is 38.3 Å². The predicted molar refractivity (Wildman–Crippen MR) is 247 cm³/mol. The third-order valence-corrected chi connectivity index (χ3v) is 11.5. The van der Waals surface area contributed by atoms with Crippen molar-refractivity contribution in [2.45, 2.75) is 98.9 Å². The number of carbonyl (C=O) groups excluding carboxylic acids is 6. The lowest BCUT2D eigenvalue weighted by Gasteiger charge is -2.41. The summed E-state index contributed by atoms with van der Waals surface area (Å²) in [5, 5.41) is 20.8. The lowest BCUT2D eigenvalue weighted by atomic mass is 9.84. The Balaban J connectivity index is 1.25. The second-order valence-electron chi connectivity index (χ2n) is 18.6. The van der Waals surface area contributed by atoms with E-state index in [-0.39, 0.29) is 50.0 Å². The van der Waals surface area contributed by atoms with Crippen LogP contribution in [0.3, 0.4) is 0 Å². The molecular weight excluding hydrogens is 886 g/mol. The van der Waals surface area contributed by atoms with Crippen molar-refractivity contribution in [3.8, 4) is 11.3 Å². The van der Waals surface area contributed by atoms with E-state index in [4.69, 9.17) is 9.72 Å². The van der Waals surface area contributed by atoms with Crippen LogP contribution in [0.4, 0.5) is 23.7 Å². The Morgan fingerprint density at radius 1 is 0.956 bits per heavy atom. The summed E-state index contributed by atoms with van der Waals surface area (Å²) in [6.07, 6.45) is -1.89. The quantitative estimate of drug-likeness (QED) is 0.0761. The average molecular weight is 947 g/mol. The third-order valence-electron chi connectivity index (χ3n) is 11.5. The van der Waals surface area contributed by atoms with Gasteiger partial charge in [0.25, 0.3) is 5.91 Å². The van der Waals surface area contributed by atoms with Gasteiger partial charge in [0, 0.05) is 43.0 Å².